The number of ether oxygens (including phenoxy) is 3. The maximum absolute atomic E-state index is 13.1. The average molecular weight is 520 g/mol. The number of hydrogen-bond acceptors (Lipinski definition) is 5. The van der Waals surface area contributed by atoms with Crippen LogP contribution in [0.1, 0.15) is 37.7 Å². The zero-order chi connectivity index (χ0) is 25.4. The normalized spacial score (nSPS) is 14.5. The molecular weight excluding hydrogens is 489 g/mol. The van der Waals surface area contributed by atoms with Gasteiger partial charge >= 0.3 is 5.97 Å². The number of methoxy groups -OCH3 is 3. The Balaban J connectivity index is 1.80. The lowest BCUT2D eigenvalue weighted by Crippen LogP contribution is -2.44. The SMILES string of the molecule is COC(=O)[C@H](Cc1ccc(-c2c(OC)cccc2OC)cc1)NC(=O)C(=C(Cl)Cl)C1CCCCC1. The molecule has 35 heavy (non-hydrogen) atoms. The molecule has 1 aliphatic carbocycles. The Hall–Kier alpha value is -2.70. The predicted octanol–water partition coefficient (Wildman–Crippen LogP) is 5.84. The third-order valence-electron chi connectivity index (χ3n) is 6.36. The van der Waals surface area contributed by atoms with E-state index in [1.807, 2.05) is 42.5 Å². The molecule has 0 aromatic heterocycles. The first-order chi connectivity index (χ1) is 16.9. The number of amides is 1. The summed E-state index contributed by atoms with van der Waals surface area (Å²) in [5.74, 6) is 0.404. The molecule has 3 rings (SSSR count). The van der Waals surface area contributed by atoms with Crippen molar-refractivity contribution in [2.45, 2.75) is 44.6 Å². The highest BCUT2D eigenvalue weighted by Crippen LogP contribution is 2.38. The third kappa shape index (κ3) is 6.71. The number of rotatable bonds is 9. The van der Waals surface area contributed by atoms with Crippen LogP contribution in [0.2, 0.25) is 0 Å². The highest BCUT2D eigenvalue weighted by atomic mass is 35.5. The van der Waals surface area contributed by atoms with Crippen LogP contribution in [0.15, 0.2) is 52.5 Å². The van der Waals surface area contributed by atoms with Crippen LogP contribution in [0, 0.1) is 5.92 Å². The summed E-state index contributed by atoms with van der Waals surface area (Å²) < 4.78 is 15.9. The van der Waals surface area contributed by atoms with Gasteiger partial charge in [0.2, 0.25) is 0 Å². The molecule has 1 amide bonds. The molecule has 1 atom stereocenters. The Morgan fingerprint density at radius 1 is 0.943 bits per heavy atom. The van der Waals surface area contributed by atoms with E-state index in [0.717, 1.165) is 48.8 Å². The minimum Gasteiger partial charge on any atom is -0.496 e. The smallest absolute Gasteiger partial charge is 0.328 e. The fourth-order valence-corrected chi connectivity index (χ4v) is 5.05. The highest BCUT2D eigenvalue weighted by Gasteiger charge is 2.30. The molecule has 0 unspecified atom stereocenters. The zero-order valence-corrected chi connectivity index (χ0v) is 21.7. The molecule has 0 radical (unpaired) electrons. The molecule has 0 aliphatic heterocycles. The van der Waals surface area contributed by atoms with Gasteiger partial charge in [-0.2, -0.15) is 0 Å². The molecule has 1 saturated carbocycles. The van der Waals surface area contributed by atoms with E-state index in [-0.39, 0.29) is 16.8 Å². The van der Waals surface area contributed by atoms with Gasteiger partial charge in [0.1, 0.15) is 22.0 Å². The first kappa shape index (κ1) is 26.9. The number of benzene rings is 2. The van der Waals surface area contributed by atoms with Gasteiger partial charge in [-0.15, -0.1) is 0 Å². The monoisotopic (exact) mass is 519 g/mol. The lowest BCUT2D eigenvalue weighted by atomic mass is 9.84. The Morgan fingerprint density at radius 2 is 1.54 bits per heavy atom. The maximum Gasteiger partial charge on any atom is 0.328 e. The number of carbonyl (C=O) groups excluding carboxylic acids is 2. The van der Waals surface area contributed by atoms with Crippen molar-refractivity contribution in [1.82, 2.24) is 5.32 Å². The fourth-order valence-electron chi connectivity index (χ4n) is 4.57. The molecule has 2 aromatic carbocycles. The highest BCUT2D eigenvalue weighted by molar-refractivity contribution is 6.57. The summed E-state index contributed by atoms with van der Waals surface area (Å²) in [5, 5.41) is 2.80. The van der Waals surface area contributed by atoms with Crippen LogP contribution in [0.25, 0.3) is 11.1 Å². The van der Waals surface area contributed by atoms with E-state index in [1.165, 1.54) is 7.11 Å². The summed E-state index contributed by atoms with van der Waals surface area (Å²) in [6, 6.07) is 12.4. The van der Waals surface area contributed by atoms with Crippen molar-refractivity contribution in [2.24, 2.45) is 5.92 Å². The molecule has 8 heteroatoms. The Labute approximate surface area is 216 Å². The van der Waals surface area contributed by atoms with Crippen LogP contribution in [-0.4, -0.2) is 39.2 Å². The molecular formula is C27H31Cl2NO5. The van der Waals surface area contributed by atoms with Gasteiger partial charge < -0.3 is 19.5 Å². The summed E-state index contributed by atoms with van der Waals surface area (Å²) in [6.07, 6.45) is 5.12. The maximum atomic E-state index is 13.1. The van der Waals surface area contributed by atoms with E-state index in [4.69, 9.17) is 37.4 Å². The summed E-state index contributed by atoms with van der Waals surface area (Å²) in [7, 11) is 4.52. The van der Waals surface area contributed by atoms with Gasteiger partial charge in [0.15, 0.2) is 0 Å². The molecule has 188 valence electrons. The first-order valence-corrected chi connectivity index (χ1v) is 12.4. The molecule has 0 bridgehead atoms. The lowest BCUT2D eigenvalue weighted by Gasteiger charge is -2.25. The van der Waals surface area contributed by atoms with Crippen LogP contribution in [0.5, 0.6) is 11.5 Å². The Morgan fingerprint density at radius 3 is 2.06 bits per heavy atom. The predicted molar refractivity (Wildman–Crippen MR) is 138 cm³/mol. The average Bonchev–Trinajstić information content (AvgIpc) is 2.88. The lowest BCUT2D eigenvalue weighted by molar-refractivity contribution is -0.144. The van der Waals surface area contributed by atoms with Crippen LogP contribution < -0.4 is 14.8 Å². The van der Waals surface area contributed by atoms with E-state index < -0.39 is 17.9 Å². The molecule has 1 fully saturated rings. The van der Waals surface area contributed by atoms with Gasteiger partial charge in [-0.25, -0.2) is 4.79 Å². The van der Waals surface area contributed by atoms with Gasteiger partial charge in [-0.1, -0.05) is 72.8 Å². The van der Waals surface area contributed by atoms with E-state index in [1.54, 1.807) is 14.2 Å². The summed E-state index contributed by atoms with van der Waals surface area (Å²) in [5.41, 5.74) is 2.93. The summed E-state index contributed by atoms with van der Waals surface area (Å²) >= 11 is 12.2. The molecule has 1 aliphatic rings. The summed E-state index contributed by atoms with van der Waals surface area (Å²) in [4.78, 5) is 25.6. The van der Waals surface area contributed by atoms with Gasteiger partial charge in [0.05, 0.1) is 32.5 Å². The van der Waals surface area contributed by atoms with E-state index in [2.05, 4.69) is 5.32 Å². The molecule has 6 nitrogen and oxygen atoms in total. The van der Waals surface area contributed by atoms with Crippen molar-refractivity contribution in [3.8, 4) is 22.6 Å². The van der Waals surface area contributed by atoms with E-state index in [0.29, 0.717) is 17.1 Å². The van der Waals surface area contributed by atoms with E-state index in [9.17, 15) is 9.59 Å². The van der Waals surface area contributed by atoms with Crippen molar-refractivity contribution >= 4 is 35.1 Å². The zero-order valence-electron chi connectivity index (χ0n) is 20.2. The quantitative estimate of drug-likeness (QED) is 0.332. The Bertz CT molecular complexity index is 1040. The molecule has 0 spiro atoms. The van der Waals surface area contributed by atoms with Gasteiger partial charge in [-0.3, -0.25) is 4.79 Å². The fraction of sp³-hybridized carbons (Fsp3) is 0.407. The number of halogens is 2. The van der Waals surface area contributed by atoms with Gasteiger partial charge in [0.25, 0.3) is 5.91 Å². The minimum absolute atomic E-state index is 0.0119. The number of carbonyl (C=O) groups is 2. The first-order valence-electron chi connectivity index (χ1n) is 11.6. The topological polar surface area (TPSA) is 73.9 Å². The van der Waals surface area contributed by atoms with Crippen molar-refractivity contribution in [3.63, 3.8) is 0 Å². The second kappa shape index (κ2) is 12.8. The second-order valence-electron chi connectivity index (χ2n) is 8.50. The van der Waals surface area contributed by atoms with Crippen LogP contribution in [-0.2, 0) is 20.7 Å². The largest absolute Gasteiger partial charge is 0.496 e. The van der Waals surface area contributed by atoms with Crippen molar-refractivity contribution in [3.05, 3.63) is 58.1 Å². The molecule has 0 heterocycles. The molecule has 0 saturated heterocycles. The standard InChI is InChI=1S/C27H31Cl2NO5/c1-33-21-10-7-11-22(34-2)23(21)19-14-12-17(13-15-19)16-20(27(32)35-3)30-26(31)24(25(28)29)18-8-5-4-6-9-18/h7,10-15,18,20H,4-6,8-9,16H2,1-3H3,(H,30,31)/t20-/m0/s1. The van der Waals surface area contributed by atoms with E-state index >= 15 is 0 Å². The molecule has 1 N–H and O–H groups in total. The van der Waals surface area contributed by atoms with Gasteiger partial charge in [0, 0.05) is 6.42 Å². The van der Waals surface area contributed by atoms with Gasteiger partial charge in [-0.05, 0) is 42.0 Å². The van der Waals surface area contributed by atoms with Crippen LogP contribution in [0.4, 0.5) is 0 Å². The van der Waals surface area contributed by atoms with Crippen LogP contribution in [0.3, 0.4) is 0 Å². The molecule has 2 aromatic rings. The second-order valence-corrected chi connectivity index (χ2v) is 9.45. The minimum atomic E-state index is -0.884. The summed E-state index contributed by atoms with van der Waals surface area (Å²) in [6.45, 7) is 0. The van der Waals surface area contributed by atoms with Crippen molar-refractivity contribution in [1.29, 1.82) is 0 Å². The van der Waals surface area contributed by atoms with Crippen molar-refractivity contribution < 1.29 is 23.8 Å². The number of esters is 1. The number of nitrogens with one attached hydrogen (secondary N) is 1. The Kier molecular flexibility index (Phi) is 9.87. The van der Waals surface area contributed by atoms with Crippen molar-refractivity contribution in [2.75, 3.05) is 21.3 Å². The number of hydrogen-bond donors (Lipinski definition) is 1. The third-order valence-corrected chi connectivity index (χ3v) is 6.77. The van der Waals surface area contributed by atoms with Crippen LogP contribution >= 0.6 is 23.2 Å².